The first-order valence-electron chi connectivity index (χ1n) is 5.72. The lowest BCUT2D eigenvalue weighted by Gasteiger charge is -2.08. The van der Waals surface area contributed by atoms with Gasteiger partial charge in [0.05, 0.1) is 6.20 Å². The predicted octanol–water partition coefficient (Wildman–Crippen LogP) is 1.15. The second-order valence-electron chi connectivity index (χ2n) is 4.21. The summed E-state index contributed by atoms with van der Waals surface area (Å²) in [5.41, 5.74) is 6.73. The van der Waals surface area contributed by atoms with Gasteiger partial charge >= 0.3 is 0 Å². The number of nitrogens with zero attached hydrogens (tertiary/aromatic N) is 3. The summed E-state index contributed by atoms with van der Waals surface area (Å²) in [4.78, 5) is 12.4. The Hall–Kier alpha value is -2.81. The summed E-state index contributed by atoms with van der Waals surface area (Å²) >= 11 is 0. The molecular weight excluding hydrogens is 244 g/mol. The van der Waals surface area contributed by atoms with Crippen molar-refractivity contribution in [1.82, 2.24) is 9.78 Å². The van der Waals surface area contributed by atoms with Crippen molar-refractivity contribution in [2.75, 3.05) is 12.3 Å². The van der Waals surface area contributed by atoms with Gasteiger partial charge in [-0.25, -0.2) is 0 Å². The van der Waals surface area contributed by atoms with E-state index in [-0.39, 0.29) is 23.9 Å². The fourth-order valence-corrected chi connectivity index (χ4v) is 2.13. The van der Waals surface area contributed by atoms with Crippen LogP contribution in [-0.4, -0.2) is 22.3 Å². The number of para-hydroxylation sites is 1. The number of fused-ring (bicyclic) bond motifs is 1. The standard InChI is InChI=1S/C13H10N4O2/c14-5-8-6-16-17(12(8)15)13(18)10-7-19-11-4-2-1-3-9(10)11/h1-4,6,10H,7,15H2. The van der Waals surface area contributed by atoms with Crippen molar-refractivity contribution in [3.05, 3.63) is 41.6 Å². The first kappa shape index (κ1) is 11.3. The van der Waals surface area contributed by atoms with Crippen LogP contribution in [-0.2, 0) is 0 Å². The van der Waals surface area contributed by atoms with Crippen molar-refractivity contribution in [2.24, 2.45) is 0 Å². The van der Waals surface area contributed by atoms with E-state index in [0.29, 0.717) is 5.75 Å². The van der Waals surface area contributed by atoms with Crippen LogP contribution in [0.4, 0.5) is 5.82 Å². The van der Waals surface area contributed by atoms with Gasteiger partial charge in [0.2, 0.25) is 0 Å². The molecule has 0 bridgehead atoms. The maximum atomic E-state index is 12.4. The predicted molar refractivity (Wildman–Crippen MR) is 66.7 cm³/mol. The van der Waals surface area contributed by atoms with Crippen LogP contribution in [0, 0.1) is 11.3 Å². The van der Waals surface area contributed by atoms with Gasteiger partial charge < -0.3 is 10.5 Å². The molecule has 1 aliphatic heterocycles. The first-order valence-corrected chi connectivity index (χ1v) is 5.72. The zero-order valence-corrected chi connectivity index (χ0v) is 9.91. The second-order valence-corrected chi connectivity index (χ2v) is 4.21. The van der Waals surface area contributed by atoms with Gasteiger partial charge in [-0.05, 0) is 6.07 Å². The molecule has 94 valence electrons. The molecule has 0 amide bonds. The monoisotopic (exact) mass is 254 g/mol. The zero-order chi connectivity index (χ0) is 13.4. The molecule has 1 aromatic heterocycles. The quantitative estimate of drug-likeness (QED) is 0.823. The molecule has 3 rings (SSSR count). The van der Waals surface area contributed by atoms with Crippen molar-refractivity contribution in [1.29, 1.82) is 5.26 Å². The van der Waals surface area contributed by atoms with Crippen LogP contribution in [0.1, 0.15) is 21.8 Å². The molecule has 0 aliphatic carbocycles. The molecule has 1 atom stereocenters. The molecule has 1 aliphatic rings. The van der Waals surface area contributed by atoms with Crippen molar-refractivity contribution < 1.29 is 9.53 Å². The molecule has 0 saturated carbocycles. The Morgan fingerprint density at radius 1 is 1.53 bits per heavy atom. The number of carbonyl (C=O) groups excluding carboxylic acids is 1. The number of carbonyl (C=O) groups is 1. The summed E-state index contributed by atoms with van der Waals surface area (Å²) in [6, 6.07) is 9.24. The van der Waals surface area contributed by atoms with Crippen LogP contribution >= 0.6 is 0 Å². The van der Waals surface area contributed by atoms with Gasteiger partial charge in [0, 0.05) is 5.56 Å². The lowest BCUT2D eigenvalue weighted by molar-refractivity contribution is 0.0851. The van der Waals surface area contributed by atoms with Crippen LogP contribution < -0.4 is 10.5 Å². The summed E-state index contributed by atoms with van der Waals surface area (Å²) < 4.78 is 6.52. The topological polar surface area (TPSA) is 93.9 Å². The molecule has 2 aromatic rings. The molecule has 2 heterocycles. The van der Waals surface area contributed by atoms with Gasteiger partial charge in [-0.1, -0.05) is 18.2 Å². The van der Waals surface area contributed by atoms with E-state index >= 15 is 0 Å². The van der Waals surface area contributed by atoms with Crippen LogP contribution in [0.3, 0.4) is 0 Å². The van der Waals surface area contributed by atoms with E-state index < -0.39 is 5.92 Å². The molecule has 1 aromatic carbocycles. The van der Waals surface area contributed by atoms with E-state index in [4.69, 9.17) is 15.7 Å². The molecule has 6 nitrogen and oxygen atoms in total. The number of aromatic nitrogens is 2. The van der Waals surface area contributed by atoms with Gasteiger partial charge in [0.25, 0.3) is 5.91 Å². The highest BCUT2D eigenvalue weighted by atomic mass is 16.5. The molecule has 0 spiro atoms. The number of rotatable bonds is 1. The maximum Gasteiger partial charge on any atom is 0.259 e. The molecule has 19 heavy (non-hydrogen) atoms. The van der Waals surface area contributed by atoms with E-state index in [0.717, 1.165) is 10.2 Å². The third-order valence-corrected chi connectivity index (χ3v) is 3.13. The molecule has 6 heteroatoms. The summed E-state index contributed by atoms with van der Waals surface area (Å²) in [5.74, 6) is 0.0397. The maximum absolute atomic E-state index is 12.4. The Balaban J connectivity index is 1.98. The summed E-state index contributed by atoms with van der Waals surface area (Å²) in [6.07, 6.45) is 1.29. The third kappa shape index (κ3) is 1.64. The largest absolute Gasteiger partial charge is 0.492 e. The van der Waals surface area contributed by atoms with Crippen molar-refractivity contribution in [3.63, 3.8) is 0 Å². The molecule has 2 N–H and O–H groups in total. The third-order valence-electron chi connectivity index (χ3n) is 3.13. The highest BCUT2D eigenvalue weighted by Crippen LogP contribution is 2.34. The Morgan fingerprint density at radius 3 is 3.05 bits per heavy atom. The molecule has 0 radical (unpaired) electrons. The van der Waals surface area contributed by atoms with Gasteiger partial charge in [0.15, 0.2) is 0 Å². The molecular formula is C13H10N4O2. The fourth-order valence-electron chi connectivity index (χ4n) is 2.13. The number of hydrogen-bond acceptors (Lipinski definition) is 5. The number of benzene rings is 1. The lowest BCUT2D eigenvalue weighted by atomic mass is 10.0. The van der Waals surface area contributed by atoms with Crippen LogP contribution in [0.15, 0.2) is 30.5 Å². The highest BCUT2D eigenvalue weighted by molar-refractivity contribution is 5.89. The van der Waals surface area contributed by atoms with Gasteiger partial charge in [0.1, 0.15) is 35.7 Å². The zero-order valence-electron chi connectivity index (χ0n) is 9.91. The van der Waals surface area contributed by atoms with Crippen LogP contribution in [0.5, 0.6) is 5.75 Å². The SMILES string of the molecule is N#Cc1cnn(C(=O)C2COc3ccccc32)c1N. The first-order chi connectivity index (χ1) is 9.22. The average molecular weight is 254 g/mol. The Kier molecular flexibility index (Phi) is 2.46. The number of ether oxygens (including phenoxy) is 1. The number of nitrogen functional groups attached to an aromatic ring is 1. The van der Waals surface area contributed by atoms with Crippen molar-refractivity contribution in [2.45, 2.75) is 5.92 Å². The molecule has 1 unspecified atom stereocenters. The lowest BCUT2D eigenvalue weighted by Crippen LogP contribution is -2.23. The second kappa shape index (κ2) is 4.14. The Bertz CT molecular complexity index is 699. The number of nitriles is 1. The van der Waals surface area contributed by atoms with Crippen molar-refractivity contribution >= 4 is 11.7 Å². The summed E-state index contributed by atoms with van der Waals surface area (Å²) in [6.45, 7) is 0.263. The summed E-state index contributed by atoms with van der Waals surface area (Å²) in [5, 5.41) is 12.7. The molecule has 0 saturated heterocycles. The minimum atomic E-state index is -0.440. The van der Waals surface area contributed by atoms with Gasteiger partial charge in [-0.15, -0.1) is 0 Å². The van der Waals surface area contributed by atoms with Crippen LogP contribution in [0.25, 0.3) is 0 Å². The van der Waals surface area contributed by atoms with E-state index in [1.807, 2.05) is 30.3 Å². The summed E-state index contributed by atoms with van der Waals surface area (Å²) in [7, 11) is 0. The Morgan fingerprint density at radius 2 is 2.32 bits per heavy atom. The fraction of sp³-hybridized carbons (Fsp3) is 0.154. The highest BCUT2D eigenvalue weighted by Gasteiger charge is 2.32. The van der Waals surface area contributed by atoms with E-state index in [1.54, 1.807) is 0 Å². The Labute approximate surface area is 109 Å². The number of anilines is 1. The normalized spacial score (nSPS) is 16.5. The minimum absolute atomic E-state index is 0.0666. The smallest absolute Gasteiger partial charge is 0.259 e. The minimum Gasteiger partial charge on any atom is -0.492 e. The van der Waals surface area contributed by atoms with E-state index in [1.165, 1.54) is 6.20 Å². The average Bonchev–Trinajstić information content (AvgIpc) is 3.01. The van der Waals surface area contributed by atoms with Crippen molar-refractivity contribution in [3.8, 4) is 11.8 Å². The van der Waals surface area contributed by atoms with Crippen LogP contribution in [0.2, 0.25) is 0 Å². The number of nitrogens with two attached hydrogens (primary N) is 1. The van der Waals surface area contributed by atoms with E-state index in [9.17, 15) is 4.79 Å². The van der Waals surface area contributed by atoms with Gasteiger partial charge in [-0.2, -0.15) is 15.0 Å². The molecule has 0 fully saturated rings. The number of hydrogen-bond donors (Lipinski definition) is 1. The van der Waals surface area contributed by atoms with Gasteiger partial charge in [-0.3, -0.25) is 4.79 Å². The van der Waals surface area contributed by atoms with E-state index in [2.05, 4.69) is 5.10 Å².